The molecule has 21 heavy (non-hydrogen) atoms. The number of nitrogen functional groups attached to an aromatic ring is 1. The van der Waals surface area contributed by atoms with Gasteiger partial charge in [-0.3, -0.25) is 4.79 Å². The van der Waals surface area contributed by atoms with Crippen molar-refractivity contribution in [1.82, 2.24) is 20.0 Å². The van der Waals surface area contributed by atoms with Crippen LogP contribution in [0.15, 0.2) is 12.1 Å². The fourth-order valence-electron chi connectivity index (χ4n) is 3.27. The average molecular weight is 289 g/mol. The summed E-state index contributed by atoms with van der Waals surface area (Å²) in [6.07, 6.45) is 4.86. The number of nitrogens with two attached hydrogens (primary N) is 1. The number of carbonyl (C=O) groups is 1. The van der Waals surface area contributed by atoms with Gasteiger partial charge in [0.25, 0.3) is 5.91 Å². The molecule has 1 aromatic heterocycles. The van der Waals surface area contributed by atoms with Crippen LogP contribution in [0.4, 0.5) is 5.82 Å². The standard InChI is InChI=1S/C15H23N5O/c16-14-4-3-13(17-18-14)15(21)20-9-5-12(6-10-20)11-19-7-1-2-8-19/h3-4,12H,1-2,5-11H2,(H2,16,18). The van der Waals surface area contributed by atoms with Gasteiger partial charge >= 0.3 is 0 Å². The molecule has 3 rings (SSSR count). The van der Waals surface area contributed by atoms with Gasteiger partial charge < -0.3 is 15.5 Å². The number of amides is 1. The normalized spacial score (nSPS) is 20.9. The Morgan fingerprint density at radius 2 is 1.86 bits per heavy atom. The Balaban J connectivity index is 1.50. The van der Waals surface area contributed by atoms with Gasteiger partial charge in [-0.05, 0) is 56.8 Å². The van der Waals surface area contributed by atoms with Crippen molar-refractivity contribution in [3.63, 3.8) is 0 Å². The molecule has 2 fully saturated rings. The lowest BCUT2D eigenvalue weighted by Gasteiger charge is -2.33. The minimum absolute atomic E-state index is 0.0258. The molecule has 6 nitrogen and oxygen atoms in total. The third-order valence-corrected chi connectivity index (χ3v) is 4.52. The van der Waals surface area contributed by atoms with Crippen molar-refractivity contribution in [2.24, 2.45) is 5.92 Å². The van der Waals surface area contributed by atoms with Crippen molar-refractivity contribution in [3.05, 3.63) is 17.8 Å². The number of likely N-dealkylation sites (tertiary alicyclic amines) is 2. The third kappa shape index (κ3) is 3.50. The molecule has 1 aromatic rings. The van der Waals surface area contributed by atoms with Gasteiger partial charge in [-0.15, -0.1) is 10.2 Å². The van der Waals surface area contributed by atoms with E-state index in [-0.39, 0.29) is 5.91 Å². The van der Waals surface area contributed by atoms with E-state index in [0.29, 0.717) is 11.5 Å². The van der Waals surface area contributed by atoms with Crippen LogP contribution < -0.4 is 5.73 Å². The van der Waals surface area contributed by atoms with Gasteiger partial charge in [0.15, 0.2) is 5.69 Å². The number of hydrogen-bond acceptors (Lipinski definition) is 5. The maximum absolute atomic E-state index is 12.3. The van der Waals surface area contributed by atoms with Gasteiger partial charge in [0.1, 0.15) is 5.82 Å². The fraction of sp³-hybridized carbons (Fsp3) is 0.667. The smallest absolute Gasteiger partial charge is 0.274 e. The molecule has 3 heterocycles. The summed E-state index contributed by atoms with van der Waals surface area (Å²) >= 11 is 0. The largest absolute Gasteiger partial charge is 0.382 e. The van der Waals surface area contributed by atoms with Crippen LogP contribution in [0, 0.1) is 5.92 Å². The molecule has 2 N–H and O–H groups in total. The van der Waals surface area contributed by atoms with Crippen LogP contribution in [0.2, 0.25) is 0 Å². The van der Waals surface area contributed by atoms with Gasteiger partial charge in [-0.25, -0.2) is 0 Å². The predicted octanol–water partition coefficient (Wildman–Crippen LogP) is 1.01. The highest BCUT2D eigenvalue weighted by Crippen LogP contribution is 2.21. The number of piperidine rings is 1. The summed E-state index contributed by atoms with van der Waals surface area (Å²) in [6.45, 7) is 5.34. The van der Waals surface area contributed by atoms with Crippen molar-refractivity contribution in [2.75, 3.05) is 38.5 Å². The molecule has 0 atom stereocenters. The Kier molecular flexibility index (Phi) is 4.34. The summed E-state index contributed by atoms with van der Waals surface area (Å²) in [5, 5.41) is 7.63. The van der Waals surface area contributed by atoms with Gasteiger partial charge in [0.05, 0.1) is 0 Å². The highest BCUT2D eigenvalue weighted by atomic mass is 16.2. The maximum atomic E-state index is 12.3. The first-order valence-corrected chi connectivity index (χ1v) is 7.83. The van der Waals surface area contributed by atoms with Gasteiger partial charge in [-0.2, -0.15) is 0 Å². The molecule has 0 saturated carbocycles. The fourth-order valence-corrected chi connectivity index (χ4v) is 3.27. The van der Waals surface area contributed by atoms with Crippen molar-refractivity contribution < 1.29 is 4.79 Å². The molecule has 0 radical (unpaired) electrons. The number of hydrogen-bond donors (Lipinski definition) is 1. The van der Waals surface area contributed by atoms with Crippen LogP contribution in [0.5, 0.6) is 0 Å². The summed E-state index contributed by atoms with van der Waals surface area (Å²) in [7, 11) is 0. The zero-order valence-electron chi connectivity index (χ0n) is 12.4. The zero-order valence-corrected chi connectivity index (χ0v) is 12.4. The molecular weight excluding hydrogens is 266 g/mol. The van der Waals surface area contributed by atoms with E-state index in [0.717, 1.165) is 31.8 Å². The first kappa shape index (κ1) is 14.3. The summed E-state index contributed by atoms with van der Waals surface area (Å²) < 4.78 is 0. The van der Waals surface area contributed by atoms with Crippen LogP contribution in [-0.4, -0.2) is 58.6 Å². The van der Waals surface area contributed by atoms with E-state index in [2.05, 4.69) is 15.1 Å². The maximum Gasteiger partial charge on any atom is 0.274 e. The van der Waals surface area contributed by atoms with E-state index in [9.17, 15) is 4.79 Å². The van der Waals surface area contributed by atoms with Crippen LogP contribution in [0.1, 0.15) is 36.2 Å². The summed E-state index contributed by atoms with van der Waals surface area (Å²) in [5.74, 6) is 1.04. The Hall–Kier alpha value is -1.69. The minimum atomic E-state index is -0.0258. The lowest BCUT2D eigenvalue weighted by atomic mass is 9.96. The van der Waals surface area contributed by atoms with Crippen molar-refractivity contribution in [2.45, 2.75) is 25.7 Å². The van der Waals surface area contributed by atoms with E-state index < -0.39 is 0 Å². The highest BCUT2D eigenvalue weighted by Gasteiger charge is 2.26. The van der Waals surface area contributed by atoms with Gasteiger partial charge in [0, 0.05) is 19.6 Å². The molecule has 114 valence electrons. The topological polar surface area (TPSA) is 75.4 Å². The Morgan fingerprint density at radius 3 is 2.48 bits per heavy atom. The second-order valence-corrected chi connectivity index (χ2v) is 6.09. The first-order valence-electron chi connectivity index (χ1n) is 7.83. The molecule has 6 heteroatoms. The Labute approximate surface area is 125 Å². The highest BCUT2D eigenvalue weighted by molar-refractivity contribution is 5.92. The number of carbonyl (C=O) groups excluding carboxylic acids is 1. The zero-order chi connectivity index (χ0) is 14.7. The van der Waals surface area contributed by atoms with Crippen LogP contribution >= 0.6 is 0 Å². The second-order valence-electron chi connectivity index (χ2n) is 6.09. The van der Waals surface area contributed by atoms with Crippen LogP contribution in [-0.2, 0) is 0 Å². The van der Waals surface area contributed by atoms with Crippen LogP contribution in [0.3, 0.4) is 0 Å². The van der Waals surface area contributed by atoms with E-state index in [4.69, 9.17) is 5.73 Å². The van der Waals surface area contributed by atoms with E-state index in [1.807, 2.05) is 4.90 Å². The molecule has 2 aliphatic heterocycles. The molecular formula is C15H23N5O. The SMILES string of the molecule is Nc1ccc(C(=O)N2CCC(CN3CCCC3)CC2)nn1. The quantitative estimate of drug-likeness (QED) is 0.898. The van der Waals surface area contributed by atoms with Crippen LogP contribution in [0.25, 0.3) is 0 Å². The number of nitrogens with zero attached hydrogens (tertiary/aromatic N) is 4. The molecule has 0 bridgehead atoms. The monoisotopic (exact) mass is 289 g/mol. The Morgan fingerprint density at radius 1 is 1.14 bits per heavy atom. The van der Waals surface area contributed by atoms with Crippen molar-refractivity contribution in [1.29, 1.82) is 0 Å². The van der Waals surface area contributed by atoms with Gasteiger partial charge in [0.2, 0.25) is 0 Å². The molecule has 0 aromatic carbocycles. The predicted molar refractivity (Wildman–Crippen MR) is 80.7 cm³/mol. The Bertz CT molecular complexity index is 475. The summed E-state index contributed by atoms with van der Waals surface area (Å²) in [4.78, 5) is 16.8. The van der Waals surface area contributed by atoms with E-state index in [1.54, 1.807) is 12.1 Å². The molecule has 2 saturated heterocycles. The molecule has 2 aliphatic rings. The second kappa shape index (κ2) is 6.39. The molecule has 0 unspecified atom stereocenters. The van der Waals surface area contributed by atoms with E-state index >= 15 is 0 Å². The van der Waals surface area contributed by atoms with Crippen molar-refractivity contribution >= 4 is 11.7 Å². The van der Waals surface area contributed by atoms with Crippen molar-refractivity contribution in [3.8, 4) is 0 Å². The molecule has 0 spiro atoms. The molecule has 1 amide bonds. The number of rotatable bonds is 3. The van der Waals surface area contributed by atoms with Gasteiger partial charge in [-0.1, -0.05) is 0 Å². The lowest BCUT2D eigenvalue weighted by molar-refractivity contribution is 0.0666. The summed E-state index contributed by atoms with van der Waals surface area (Å²) in [6, 6.07) is 3.28. The first-order chi connectivity index (χ1) is 10.2. The van der Waals surface area contributed by atoms with E-state index in [1.165, 1.54) is 32.5 Å². The summed E-state index contributed by atoms with van der Waals surface area (Å²) in [5.41, 5.74) is 5.89. The average Bonchev–Trinajstić information content (AvgIpc) is 3.01. The third-order valence-electron chi connectivity index (χ3n) is 4.52. The minimum Gasteiger partial charge on any atom is -0.382 e. The lowest BCUT2D eigenvalue weighted by Crippen LogP contribution is -2.41. The number of anilines is 1. The molecule has 0 aliphatic carbocycles. The number of aromatic nitrogens is 2.